The molecule has 1 nitrogen and oxygen atoms in total. The average Bonchev–Trinajstić information content (AvgIpc) is 2.72. The van der Waals surface area contributed by atoms with E-state index in [1.807, 2.05) is 0 Å². The summed E-state index contributed by atoms with van der Waals surface area (Å²) in [4.78, 5) is 0. The Bertz CT molecular complexity index is 397. The van der Waals surface area contributed by atoms with Gasteiger partial charge in [0, 0.05) is 0 Å². The first-order chi connectivity index (χ1) is 13.8. The Morgan fingerprint density at radius 2 is 1.04 bits per heavy atom. The molecule has 3 aliphatic rings. The average molecular weight is 391 g/mol. The highest BCUT2D eigenvalue weighted by Crippen LogP contribution is 2.48. The summed E-state index contributed by atoms with van der Waals surface area (Å²) in [5.74, 6) is 4.96. The number of hydrogen-bond acceptors (Lipinski definition) is 1. The molecule has 3 saturated carbocycles. The monoisotopic (exact) mass is 390 g/mol. The van der Waals surface area contributed by atoms with E-state index in [1.165, 1.54) is 116 Å². The van der Waals surface area contributed by atoms with E-state index in [9.17, 15) is 5.11 Å². The molecule has 0 spiro atoms. The lowest BCUT2D eigenvalue weighted by Crippen LogP contribution is -2.35. The van der Waals surface area contributed by atoms with Gasteiger partial charge in [-0.3, -0.25) is 0 Å². The minimum Gasteiger partial charge on any atom is -0.393 e. The van der Waals surface area contributed by atoms with Crippen molar-refractivity contribution in [1.82, 2.24) is 0 Å². The van der Waals surface area contributed by atoms with Crippen LogP contribution < -0.4 is 0 Å². The first-order valence-corrected chi connectivity index (χ1v) is 13.4. The van der Waals surface area contributed by atoms with E-state index in [4.69, 9.17) is 0 Å². The van der Waals surface area contributed by atoms with Crippen molar-refractivity contribution in [3.05, 3.63) is 0 Å². The summed E-state index contributed by atoms with van der Waals surface area (Å²) in [6, 6.07) is 0. The predicted molar refractivity (Wildman–Crippen MR) is 121 cm³/mol. The van der Waals surface area contributed by atoms with Crippen LogP contribution in [0.4, 0.5) is 0 Å². The highest BCUT2D eigenvalue weighted by Gasteiger charge is 2.38. The van der Waals surface area contributed by atoms with Crippen LogP contribution in [0.1, 0.15) is 135 Å². The maximum atomic E-state index is 9.95. The van der Waals surface area contributed by atoms with Crippen molar-refractivity contribution in [2.75, 3.05) is 0 Å². The topological polar surface area (TPSA) is 20.2 Å². The minimum absolute atomic E-state index is 0.0225. The molecule has 1 heteroatoms. The third-order valence-electron chi connectivity index (χ3n) is 8.90. The van der Waals surface area contributed by atoms with Crippen LogP contribution in [0.25, 0.3) is 0 Å². The second-order valence-electron chi connectivity index (χ2n) is 11.0. The molecule has 3 fully saturated rings. The molecule has 0 radical (unpaired) electrons. The van der Waals surface area contributed by atoms with Gasteiger partial charge in [-0.25, -0.2) is 0 Å². The molecule has 0 amide bonds. The van der Waals surface area contributed by atoms with Crippen molar-refractivity contribution in [2.45, 2.75) is 141 Å². The van der Waals surface area contributed by atoms with Crippen molar-refractivity contribution in [3.8, 4) is 0 Å². The van der Waals surface area contributed by atoms with Gasteiger partial charge in [0.15, 0.2) is 0 Å². The Morgan fingerprint density at radius 3 is 1.71 bits per heavy atom. The van der Waals surface area contributed by atoms with Crippen molar-refractivity contribution < 1.29 is 5.11 Å². The van der Waals surface area contributed by atoms with Gasteiger partial charge in [0.25, 0.3) is 0 Å². The summed E-state index contributed by atoms with van der Waals surface area (Å²) < 4.78 is 0. The van der Waals surface area contributed by atoms with Crippen LogP contribution in [-0.4, -0.2) is 11.2 Å². The van der Waals surface area contributed by atoms with Gasteiger partial charge in [-0.1, -0.05) is 84.0 Å². The summed E-state index contributed by atoms with van der Waals surface area (Å²) in [5, 5.41) is 9.95. The fourth-order valence-corrected chi connectivity index (χ4v) is 7.02. The summed E-state index contributed by atoms with van der Waals surface area (Å²) in [6.45, 7) is 2.31. The number of rotatable bonds is 11. The number of unbranched alkanes of at least 4 members (excludes halogenated alkanes) is 8. The van der Waals surface area contributed by atoms with Crippen molar-refractivity contribution in [3.63, 3.8) is 0 Å². The molecule has 4 unspecified atom stereocenters. The quantitative estimate of drug-likeness (QED) is 0.352. The molecule has 0 aliphatic heterocycles. The Hall–Kier alpha value is -0.0400. The number of aliphatic hydroxyl groups is 1. The molecule has 3 aliphatic carbocycles. The lowest BCUT2D eigenvalue weighted by molar-refractivity contribution is 0.0189. The third kappa shape index (κ3) is 7.33. The van der Waals surface area contributed by atoms with Gasteiger partial charge in [-0.15, -0.1) is 0 Å². The predicted octanol–water partition coefficient (Wildman–Crippen LogP) is 8.29. The summed E-state index contributed by atoms with van der Waals surface area (Å²) in [5.41, 5.74) is 0. The maximum Gasteiger partial charge on any atom is 0.0543 e. The summed E-state index contributed by atoms with van der Waals surface area (Å²) >= 11 is 0. The molecule has 0 saturated heterocycles. The molecule has 0 bridgehead atoms. The Kier molecular flexibility index (Phi) is 10.2. The standard InChI is InChI=1S/C27H50O/c1-2-3-4-5-6-7-8-9-10-11-22-12-14-23(15-13-22)24-16-17-26-21-27(28)19-18-25(26)20-24/h22-28H,2-21H2,1H3. The van der Waals surface area contributed by atoms with E-state index in [2.05, 4.69) is 6.92 Å². The lowest BCUT2D eigenvalue weighted by Gasteiger charge is -2.44. The zero-order valence-electron chi connectivity index (χ0n) is 19.1. The molecule has 0 aromatic carbocycles. The van der Waals surface area contributed by atoms with Gasteiger partial charge in [0.1, 0.15) is 0 Å². The van der Waals surface area contributed by atoms with E-state index in [1.54, 1.807) is 0 Å². The molecule has 1 N–H and O–H groups in total. The second kappa shape index (κ2) is 12.6. The summed E-state index contributed by atoms with van der Waals surface area (Å²) in [6.07, 6.45) is 28.8. The van der Waals surface area contributed by atoms with Gasteiger partial charge < -0.3 is 5.11 Å². The van der Waals surface area contributed by atoms with E-state index < -0.39 is 0 Å². The molecule has 0 aromatic rings. The highest BCUT2D eigenvalue weighted by atomic mass is 16.3. The van der Waals surface area contributed by atoms with Gasteiger partial charge in [-0.2, -0.15) is 0 Å². The van der Waals surface area contributed by atoms with Crippen molar-refractivity contribution in [2.24, 2.45) is 29.6 Å². The van der Waals surface area contributed by atoms with E-state index >= 15 is 0 Å². The Labute approximate surface area is 176 Å². The highest BCUT2D eigenvalue weighted by molar-refractivity contribution is 4.89. The van der Waals surface area contributed by atoms with Gasteiger partial charge in [0.05, 0.1) is 6.10 Å². The van der Waals surface area contributed by atoms with Crippen LogP contribution in [0, 0.1) is 29.6 Å². The van der Waals surface area contributed by atoms with Gasteiger partial charge in [-0.05, 0) is 81.0 Å². The third-order valence-corrected chi connectivity index (χ3v) is 8.90. The fourth-order valence-electron chi connectivity index (χ4n) is 7.02. The van der Waals surface area contributed by atoms with Crippen LogP contribution in [0.5, 0.6) is 0 Å². The number of fused-ring (bicyclic) bond motifs is 1. The van der Waals surface area contributed by atoms with Crippen molar-refractivity contribution in [1.29, 1.82) is 0 Å². The summed E-state index contributed by atoms with van der Waals surface area (Å²) in [7, 11) is 0. The van der Waals surface area contributed by atoms with Crippen molar-refractivity contribution >= 4 is 0 Å². The zero-order chi connectivity index (χ0) is 19.6. The van der Waals surface area contributed by atoms with E-state index in [0.29, 0.717) is 0 Å². The Morgan fingerprint density at radius 1 is 0.536 bits per heavy atom. The van der Waals surface area contributed by atoms with Crippen LogP contribution in [-0.2, 0) is 0 Å². The molecule has 28 heavy (non-hydrogen) atoms. The zero-order valence-corrected chi connectivity index (χ0v) is 19.1. The molecular formula is C27H50O. The number of hydrogen-bond donors (Lipinski definition) is 1. The van der Waals surface area contributed by atoms with Gasteiger partial charge >= 0.3 is 0 Å². The van der Waals surface area contributed by atoms with Crippen LogP contribution >= 0.6 is 0 Å². The minimum atomic E-state index is 0.0225. The maximum absolute atomic E-state index is 9.95. The molecule has 0 aromatic heterocycles. The molecule has 0 heterocycles. The number of aliphatic hydroxyl groups excluding tert-OH is 1. The molecule has 3 rings (SSSR count). The second-order valence-corrected chi connectivity index (χ2v) is 11.0. The smallest absolute Gasteiger partial charge is 0.0543 e. The molecule has 4 atom stereocenters. The SMILES string of the molecule is CCCCCCCCCCCC1CCC(C2CCC3CC(O)CCC3C2)CC1. The van der Waals surface area contributed by atoms with Crippen LogP contribution in [0.3, 0.4) is 0 Å². The van der Waals surface area contributed by atoms with Crippen LogP contribution in [0.2, 0.25) is 0 Å². The largest absolute Gasteiger partial charge is 0.393 e. The Balaban J connectivity index is 1.21. The first kappa shape index (κ1) is 22.6. The van der Waals surface area contributed by atoms with E-state index in [-0.39, 0.29) is 6.10 Å². The normalized spacial score (nSPS) is 36.2. The fraction of sp³-hybridized carbons (Fsp3) is 1.00. The first-order valence-electron chi connectivity index (χ1n) is 13.4. The molecule has 164 valence electrons. The van der Waals surface area contributed by atoms with Crippen LogP contribution in [0.15, 0.2) is 0 Å². The van der Waals surface area contributed by atoms with Gasteiger partial charge in [0.2, 0.25) is 0 Å². The lowest BCUT2D eigenvalue weighted by atomic mass is 9.62. The molecular weight excluding hydrogens is 340 g/mol. The van der Waals surface area contributed by atoms with E-state index in [0.717, 1.165) is 42.4 Å².